The fraction of sp³-hybridized carbons (Fsp3) is 0.0625. The number of hydrogen-bond donors (Lipinski definition) is 1. The van der Waals surface area contributed by atoms with E-state index in [1.807, 2.05) is 73.7 Å². The number of benzene rings is 4. The van der Waals surface area contributed by atoms with Crippen LogP contribution in [0, 0.1) is 14.1 Å². The molecule has 6 aromatic rings. The maximum absolute atomic E-state index is 13.6. The Hall–Kier alpha value is -3.56. The van der Waals surface area contributed by atoms with Crippen molar-refractivity contribution in [2.24, 2.45) is 5.10 Å². The van der Waals surface area contributed by atoms with Gasteiger partial charge in [0, 0.05) is 15.5 Å². The highest BCUT2D eigenvalue weighted by atomic mass is 127. The van der Waals surface area contributed by atoms with Crippen molar-refractivity contribution in [3.05, 3.63) is 118 Å². The number of carbonyl (C=O) groups is 1. The van der Waals surface area contributed by atoms with Gasteiger partial charge in [0.05, 0.1) is 24.3 Å². The van der Waals surface area contributed by atoms with Gasteiger partial charge < -0.3 is 14.5 Å². The number of aromatic nitrogens is 2. The Labute approximate surface area is 281 Å². The Morgan fingerprint density at radius 3 is 2.56 bits per heavy atom. The first kappa shape index (κ1) is 29.5. The Bertz CT molecular complexity index is 2080. The van der Waals surface area contributed by atoms with E-state index in [0.29, 0.717) is 33.7 Å². The lowest BCUT2D eigenvalue weighted by Gasteiger charge is -2.12. The molecule has 0 aliphatic rings. The molecule has 0 spiro atoms. The number of anilines is 1. The lowest BCUT2D eigenvalue weighted by atomic mass is 10.2. The van der Waals surface area contributed by atoms with E-state index >= 15 is 0 Å². The average Bonchev–Trinajstić information content (AvgIpc) is 3.40. The molecular weight excluding hydrogens is 838 g/mol. The van der Waals surface area contributed by atoms with Crippen molar-refractivity contribution in [1.29, 1.82) is 0 Å². The van der Waals surface area contributed by atoms with Gasteiger partial charge in [0.15, 0.2) is 12.4 Å². The number of nitrogens with zero attached hydrogens (tertiary/aromatic N) is 3. The fourth-order valence-electron chi connectivity index (χ4n) is 4.40. The lowest BCUT2D eigenvalue weighted by Crippen LogP contribution is -2.21. The first-order valence-corrected chi connectivity index (χ1v) is 15.9. The van der Waals surface area contributed by atoms with Crippen LogP contribution < -0.4 is 15.6 Å². The molecule has 1 N–H and O–H groups in total. The normalized spacial score (nSPS) is 11.4. The summed E-state index contributed by atoms with van der Waals surface area (Å²) in [5.74, 6) is 1.05. The molecule has 0 aliphatic heterocycles. The summed E-state index contributed by atoms with van der Waals surface area (Å²) in [4.78, 5) is 30.8. The third-order valence-corrected chi connectivity index (χ3v) is 8.57. The van der Waals surface area contributed by atoms with Crippen LogP contribution in [0.2, 0.25) is 0 Å². The average molecular weight is 859 g/mol. The molecule has 0 saturated carbocycles. The Kier molecular flexibility index (Phi) is 8.63. The number of furan rings is 1. The third-order valence-electron chi connectivity index (χ3n) is 6.48. The molecule has 4 aromatic carbocycles. The number of fused-ring (bicyclic) bond motifs is 2. The number of hydrogen-bond acceptors (Lipinski definition) is 6. The van der Waals surface area contributed by atoms with E-state index in [4.69, 9.17) is 14.1 Å². The molecule has 0 fully saturated rings. The smallest absolute Gasteiger partial charge is 0.282 e. The number of ether oxygens (including phenoxy) is 1. The van der Waals surface area contributed by atoms with Crippen molar-refractivity contribution < 1.29 is 13.9 Å². The molecule has 0 unspecified atom stereocenters. The first-order valence-electron chi connectivity index (χ1n) is 13.0. The topological polar surface area (TPSA) is 98.7 Å². The van der Waals surface area contributed by atoms with Gasteiger partial charge in [0.25, 0.3) is 11.5 Å². The second-order valence-corrected chi connectivity index (χ2v) is 12.9. The van der Waals surface area contributed by atoms with Gasteiger partial charge in [-0.3, -0.25) is 9.59 Å². The van der Waals surface area contributed by atoms with Crippen LogP contribution in [0.5, 0.6) is 5.75 Å². The van der Waals surface area contributed by atoms with Gasteiger partial charge in [0.1, 0.15) is 11.3 Å². The third kappa shape index (κ3) is 6.53. The monoisotopic (exact) mass is 858 g/mol. The largest absolute Gasteiger partial charge is 0.482 e. The van der Waals surface area contributed by atoms with Crippen molar-refractivity contribution in [3.63, 3.8) is 0 Å². The maximum atomic E-state index is 13.6. The van der Waals surface area contributed by atoms with Gasteiger partial charge in [-0.2, -0.15) is 9.78 Å². The summed E-state index contributed by atoms with van der Waals surface area (Å²) < 4.78 is 15.7. The number of para-hydroxylation sites is 1. The van der Waals surface area contributed by atoms with Crippen molar-refractivity contribution >= 4 is 101 Å². The molecule has 0 bridgehead atoms. The predicted octanol–water partition coefficient (Wildman–Crippen LogP) is 7.99. The summed E-state index contributed by atoms with van der Waals surface area (Å²) in [6.45, 7) is 1.85. The van der Waals surface area contributed by atoms with Crippen LogP contribution in [-0.2, 0) is 4.79 Å². The van der Waals surface area contributed by atoms with Gasteiger partial charge in [-0.25, -0.2) is 4.98 Å². The minimum absolute atomic E-state index is 0.136. The molecule has 1 amide bonds. The van der Waals surface area contributed by atoms with E-state index in [2.05, 4.69) is 71.5 Å². The molecule has 0 radical (unpaired) electrons. The highest BCUT2D eigenvalue weighted by molar-refractivity contribution is 14.1. The molecule has 0 atom stereocenters. The second-order valence-electron chi connectivity index (χ2n) is 9.62. The van der Waals surface area contributed by atoms with Crippen molar-refractivity contribution in [2.45, 2.75) is 6.92 Å². The summed E-state index contributed by atoms with van der Waals surface area (Å²) in [5, 5.41) is 8.72. The summed E-state index contributed by atoms with van der Waals surface area (Å²) in [5.41, 5.74) is 3.47. The van der Waals surface area contributed by atoms with Crippen molar-refractivity contribution in [2.75, 3.05) is 11.9 Å². The van der Waals surface area contributed by atoms with Gasteiger partial charge >= 0.3 is 0 Å². The zero-order chi connectivity index (χ0) is 30.1. The predicted molar refractivity (Wildman–Crippen MR) is 189 cm³/mol. The first-order chi connectivity index (χ1) is 20.7. The zero-order valence-electron chi connectivity index (χ0n) is 22.5. The number of amides is 1. The number of carbonyl (C=O) groups excluding carboxylic acids is 1. The molecule has 2 heterocycles. The van der Waals surface area contributed by atoms with Crippen LogP contribution >= 0.6 is 61.1 Å². The Balaban J connectivity index is 1.29. The number of halogens is 3. The molecule has 8 nitrogen and oxygen atoms in total. The SMILES string of the molecule is Cc1ccc(NC(=O)COc2c(I)cc(C=Nn3c(-c4cc5cc(Br)ccc5o4)nc4ccccc4c3=O)cc2I)cc1. The molecule has 214 valence electrons. The van der Waals surface area contributed by atoms with Crippen LogP contribution in [0.25, 0.3) is 33.5 Å². The second kappa shape index (κ2) is 12.6. The van der Waals surface area contributed by atoms with E-state index in [-0.39, 0.29) is 23.9 Å². The van der Waals surface area contributed by atoms with E-state index in [9.17, 15) is 9.59 Å². The van der Waals surface area contributed by atoms with Crippen molar-refractivity contribution in [1.82, 2.24) is 9.66 Å². The minimum Gasteiger partial charge on any atom is -0.482 e. The highest BCUT2D eigenvalue weighted by Crippen LogP contribution is 2.30. The highest BCUT2D eigenvalue weighted by Gasteiger charge is 2.17. The Morgan fingerprint density at radius 1 is 1.05 bits per heavy atom. The van der Waals surface area contributed by atoms with Crippen LogP contribution in [0.15, 0.2) is 104 Å². The summed E-state index contributed by atoms with van der Waals surface area (Å²) in [7, 11) is 0. The summed E-state index contributed by atoms with van der Waals surface area (Å²) >= 11 is 7.81. The van der Waals surface area contributed by atoms with Gasteiger partial charge in [-0.1, -0.05) is 45.8 Å². The van der Waals surface area contributed by atoms with Gasteiger partial charge in [-0.15, -0.1) is 0 Å². The molecule has 43 heavy (non-hydrogen) atoms. The van der Waals surface area contributed by atoms with Crippen LogP contribution in [0.3, 0.4) is 0 Å². The molecule has 2 aromatic heterocycles. The van der Waals surface area contributed by atoms with Gasteiger partial charge in [0.2, 0.25) is 5.82 Å². The summed E-state index contributed by atoms with van der Waals surface area (Å²) in [6.07, 6.45) is 1.60. The van der Waals surface area contributed by atoms with Crippen LogP contribution in [0.4, 0.5) is 5.69 Å². The molecular formula is C32H21BrI2N4O4. The van der Waals surface area contributed by atoms with E-state index < -0.39 is 0 Å². The number of nitrogens with one attached hydrogen (secondary N) is 1. The number of aryl methyl sites for hydroxylation is 1. The standard InChI is InChI=1S/C32H21BrI2N4O4/c1-18-6-9-22(10-7-18)37-29(40)17-42-30-24(34)12-19(13-25(30)35)16-36-39-31(38-26-5-3-2-4-23(26)32(39)41)28-15-20-14-21(33)8-11-27(20)43-28/h2-16H,17H2,1H3,(H,37,40). The molecule has 0 aliphatic carbocycles. The van der Waals surface area contributed by atoms with Gasteiger partial charge in [-0.05, 0) is 118 Å². The van der Waals surface area contributed by atoms with E-state index in [0.717, 1.165) is 28.1 Å². The Morgan fingerprint density at radius 2 is 1.79 bits per heavy atom. The molecule has 11 heteroatoms. The maximum Gasteiger partial charge on any atom is 0.282 e. The fourth-order valence-corrected chi connectivity index (χ4v) is 6.91. The van der Waals surface area contributed by atoms with Crippen molar-refractivity contribution in [3.8, 4) is 17.3 Å². The van der Waals surface area contributed by atoms with Crippen LogP contribution in [-0.4, -0.2) is 28.4 Å². The molecule has 0 saturated heterocycles. The molecule has 6 rings (SSSR count). The number of rotatable bonds is 7. The minimum atomic E-state index is -0.317. The quantitative estimate of drug-likeness (QED) is 0.130. The lowest BCUT2D eigenvalue weighted by molar-refractivity contribution is -0.118. The van der Waals surface area contributed by atoms with E-state index in [1.165, 1.54) is 4.68 Å². The zero-order valence-corrected chi connectivity index (χ0v) is 28.4. The van der Waals surface area contributed by atoms with E-state index in [1.54, 1.807) is 24.4 Å². The van der Waals surface area contributed by atoms with Crippen LogP contribution in [0.1, 0.15) is 11.1 Å². The summed E-state index contributed by atoms with van der Waals surface area (Å²) in [6, 6.07) is 26.0.